The number of piperidine rings is 1. The maximum absolute atomic E-state index is 13.0. The maximum Gasteiger partial charge on any atom is 0.251 e. The number of hydrogen-bond acceptors (Lipinski definition) is 3. The van der Waals surface area contributed by atoms with Gasteiger partial charge >= 0.3 is 0 Å². The molecule has 0 atom stereocenters. The lowest BCUT2D eigenvalue weighted by Gasteiger charge is -2.31. The Kier molecular flexibility index (Phi) is 6.65. The predicted molar refractivity (Wildman–Crippen MR) is 108 cm³/mol. The van der Waals surface area contributed by atoms with Gasteiger partial charge in [-0.05, 0) is 67.8 Å². The number of halogens is 2. The fourth-order valence-corrected chi connectivity index (χ4v) is 3.49. The number of aryl methyl sites for hydroxylation is 1. The second-order valence-corrected chi connectivity index (χ2v) is 7.47. The van der Waals surface area contributed by atoms with Crippen LogP contribution in [0.25, 0.3) is 0 Å². The van der Waals surface area contributed by atoms with Gasteiger partial charge in [0.15, 0.2) is 0 Å². The molecule has 2 amide bonds. The van der Waals surface area contributed by atoms with Gasteiger partial charge in [-0.1, -0.05) is 11.6 Å². The Morgan fingerprint density at radius 3 is 2.46 bits per heavy atom. The molecule has 0 spiro atoms. The second-order valence-electron chi connectivity index (χ2n) is 7.04. The second kappa shape index (κ2) is 9.17. The van der Waals surface area contributed by atoms with E-state index in [1.807, 2.05) is 13.0 Å². The van der Waals surface area contributed by atoms with Crippen molar-refractivity contribution in [3.63, 3.8) is 0 Å². The number of nitrogens with zero attached hydrogens (tertiary/aromatic N) is 1. The highest BCUT2D eigenvalue weighted by molar-refractivity contribution is 6.30. The molecule has 28 heavy (non-hydrogen) atoms. The number of benzene rings is 2. The molecule has 1 aliphatic heterocycles. The fraction of sp³-hybridized carbons (Fsp3) is 0.333. The van der Waals surface area contributed by atoms with Crippen LogP contribution in [0.5, 0.6) is 0 Å². The first kappa shape index (κ1) is 20.3. The number of nitrogens with one attached hydrogen (secondary N) is 2. The number of amides is 2. The predicted octanol–water partition coefficient (Wildman–Crippen LogP) is 3.62. The van der Waals surface area contributed by atoms with Gasteiger partial charge in [0, 0.05) is 35.4 Å². The highest BCUT2D eigenvalue weighted by Crippen LogP contribution is 2.20. The molecule has 2 N–H and O–H groups in total. The number of carbonyl (C=O) groups excluding carboxylic acids is 2. The summed E-state index contributed by atoms with van der Waals surface area (Å²) >= 11 is 5.94. The summed E-state index contributed by atoms with van der Waals surface area (Å²) < 4.78 is 13.0. The van der Waals surface area contributed by atoms with Crippen LogP contribution < -0.4 is 10.6 Å². The Morgan fingerprint density at radius 2 is 1.82 bits per heavy atom. The summed E-state index contributed by atoms with van der Waals surface area (Å²) in [6.45, 7) is 3.65. The molecule has 2 aromatic carbocycles. The van der Waals surface area contributed by atoms with E-state index in [1.165, 1.54) is 24.3 Å². The third-order valence-corrected chi connectivity index (χ3v) is 5.09. The minimum absolute atomic E-state index is 0.0513. The number of rotatable bonds is 5. The lowest BCUT2D eigenvalue weighted by molar-refractivity contribution is -0.117. The van der Waals surface area contributed by atoms with Crippen molar-refractivity contribution < 1.29 is 14.0 Å². The van der Waals surface area contributed by atoms with Gasteiger partial charge in [0.1, 0.15) is 5.82 Å². The summed E-state index contributed by atoms with van der Waals surface area (Å²) in [6.07, 6.45) is 1.53. The molecule has 1 fully saturated rings. The average Bonchev–Trinajstić information content (AvgIpc) is 2.66. The van der Waals surface area contributed by atoms with E-state index in [4.69, 9.17) is 11.6 Å². The summed E-state index contributed by atoms with van der Waals surface area (Å²) in [7, 11) is 0. The molecule has 0 radical (unpaired) electrons. The zero-order valence-electron chi connectivity index (χ0n) is 15.7. The third-order valence-electron chi connectivity index (χ3n) is 4.86. The molecule has 5 nitrogen and oxygen atoms in total. The van der Waals surface area contributed by atoms with Gasteiger partial charge in [-0.25, -0.2) is 4.39 Å². The van der Waals surface area contributed by atoms with Gasteiger partial charge in [-0.2, -0.15) is 0 Å². The van der Waals surface area contributed by atoms with Crippen LogP contribution >= 0.6 is 11.6 Å². The average molecular weight is 404 g/mol. The van der Waals surface area contributed by atoms with Crippen LogP contribution in [0.15, 0.2) is 42.5 Å². The van der Waals surface area contributed by atoms with Crippen LogP contribution in [-0.2, 0) is 4.79 Å². The first-order valence-corrected chi connectivity index (χ1v) is 9.63. The minimum Gasteiger partial charge on any atom is -0.349 e. The first-order valence-electron chi connectivity index (χ1n) is 9.25. The van der Waals surface area contributed by atoms with Crippen molar-refractivity contribution >= 4 is 29.1 Å². The lowest BCUT2D eigenvalue weighted by Crippen LogP contribution is -2.46. The lowest BCUT2D eigenvalue weighted by atomic mass is 10.0. The monoisotopic (exact) mass is 403 g/mol. The zero-order chi connectivity index (χ0) is 20.1. The Labute approximate surface area is 168 Å². The van der Waals surface area contributed by atoms with Crippen LogP contribution in [0.2, 0.25) is 5.02 Å². The molecule has 1 saturated heterocycles. The van der Waals surface area contributed by atoms with E-state index in [0.717, 1.165) is 37.2 Å². The Bertz CT molecular complexity index is 849. The SMILES string of the molecule is Cc1cc(Cl)ccc1NC(=O)CN1CCC(NC(=O)c2ccc(F)cc2)CC1. The maximum atomic E-state index is 13.0. The molecule has 0 bridgehead atoms. The highest BCUT2D eigenvalue weighted by Gasteiger charge is 2.22. The molecule has 3 rings (SSSR count). The van der Waals surface area contributed by atoms with Crippen molar-refractivity contribution in [2.45, 2.75) is 25.8 Å². The number of carbonyl (C=O) groups is 2. The molecule has 148 valence electrons. The minimum atomic E-state index is -0.364. The topological polar surface area (TPSA) is 61.4 Å². The van der Waals surface area contributed by atoms with Crippen molar-refractivity contribution in [3.8, 4) is 0 Å². The normalized spacial score (nSPS) is 15.2. The number of likely N-dealkylation sites (tertiary alicyclic amines) is 1. The van der Waals surface area contributed by atoms with Crippen molar-refractivity contribution in [3.05, 3.63) is 64.4 Å². The van der Waals surface area contributed by atoms with Crippen molar-refractivity contribution in [1.29, 1.82) is 0 Å². The van der Waals surface area contributed by atoms with Gasteiger partial charge in [-0.15, -0.1) is 0 Å². The van der Waals surface area contributed by atoms with Gasteiger partial charge in [0.05, 0.1) is 6.54 Å². The molecule has 0 saturated carbocycles. The molecule has 0 aliphatic carbocycles. The molecule has 1 aliphatic rings. The molecule has 7 heteroatoms. The van der Waals surface area contributed by atoms with E-state index in [-0.39, 0.29) is 23.7 Å². The smallest absolute Gasteiger partial charge is 0.251 e. The van der Waals surface area contributed by atoms with Crippen molar-refractivity contribution in [2.24, 2.45) is 0 Å². The van der Waals surface area contributed by atoms with Gasteiger partial charge < -0.3 is 10.6 Å². The summed E-state index contributed by atoms with van der Waals surface area (Å²) in [5.74, 6) is -0.634. The molecule has 2 aromatic rings. The first-order chi connectivity index (χ1) is 13.4. The number of hydrogen-bond donors (Lipinski definition) is 2. The summed E-state index contributed by atoms with van der Waals surface area (Å²) in [5.41, 5.74) is 2.13. The van der Waals surface area contributed by atoms with E-state index >= 15 is 0 Å². The Balaban J connectivity index is 1.44. The van der Waals surface area contributed by atoms with Crippen LogP contribution in [-0.4, -0.2) is 42.4 Å². The molecule has 0 unspecified atom stereocenters. The van der Waals surface area contributed by atoms with E-state index in [0.29, 0.717) is 17.1 Å². The van der Waals surface area contributed by atoms with Crippen LogP contribution in [0, 0.1) is 12.7 Å². The molecule has 1 heterocycles. The summed E-state index contributed by atoms with van der Waals surface area (Å²) in [4.78, 5) is 26.6. The standard InChI is InChI=1S/C21H23ClFN3O2/c1-14-12-16(22)4-7-19(14)25-20(27)13-26-10-8-18(9-11-26)24-21(28)15-2-5-17(23)6-3-15/h2-7,12,18H,8-11,13H2,1H3,(H,24,28)(H,25,27). The Hall–Kier alpha value is -2.44. The van der Waals surface area contributed by atoms with Crippen LogP contribution in [0.3, 0.4) is 0 Å². The number of anilines is 1. The highest BCUT2D eigenvalue weighted by atomic mass is 35.5. The quantitative estimate of drug-likeness (QED) is 0.801. The Morgan fingerprint density at radius 1 is 1.14 bits per heavy atom. The molecular weight excluding hydrogens is 381 g/mol. The molecular formula is C21H23ClFN3O2. The van der Waals surface area contributed by atoms with E-state index in [1.54, 1.807) is 12.1 Å². The van der Waals surface area contributed by atoms with Crippen molar-refractivity contribution in [1.82, 2.24) is 10.2 Å². The zero-order valence-corrected chi connectivity index (χ0v) is 16.4. The van der Waals surface area contributed by atoms with Crippen molar-refractivity contribution in [2.75, 3.05) is 25.0 Å². The summed E-state index contributed by atoms with van der Waals surface area (Å²) in [5, 5.41) is 6.53. The van der Waals surface area contributed by atoms with E-state index in [2.05, 4.69) is 15.5 Å². The fourth-order valence-electron chi connectivity index (χ4n) is 3.27. The van der Waals surface area contributed by atoms with Crippen LogP contribution in [0.1, 0.15) is 28.8 Å². The van der Waals surface area contributed by atoms with Gasteiger partial charge in [0.25, 0.3) is 5.91 Å². The summed E-state index contributed by atoms with van der Waals surface area (Å²) in [6, 6.07) is 10.9. The van der Waals surface area contributed by atoms with Gasteiger partial charge in [-0.3, -0.25) is 14.5 Å². The van der Waals surface area contributed by atoms with Gasteiger partial charge in [0.2, 0.25) is 5.91 Å². The third kappa shape index (κ3) is 5.53. The van der Waals surface area contributed by atoms with E-state index in [9.17, 15) is 14.0 Å². The van der Waals surface area contributed by atoms with Crippen LogP contribution in [0.4, 0.5) is 10.1 Å². The largest absolute Gasteiger partial charge is 0.349 e. The molecule has 0 aromatic heterocycles. The van der Waals surface area contributed by atoms with E-state index < -0.39 is 0 Å².